The van der Waals surface area contributed by atoms with Gasteiger partial charge in [0.25, 0.3) is 10.0 Å². The van der Waals surface area contributed by atoms with Crippen LogP contribution in [-0.2, 0) is 21.3 Å². The summed E-state index contributed by atoms with van der Waals surface area (Å²) in [5.41, 5.74) is -2.18. The first-order valence-corrected chi connectivity index (χ1v) is 11.5. The Morgan fingerprint density at radius 2 is 1.88 bits per heavy atom. The van der Waals surface area contributed by atoms with E-state index in [2.05, 4.69) is 4.98 Å². The molecule has 8 nitrogen and oxygen atoms in total. The molecule has 0 fully saturated rings. The molecule has 0 aliphatic heterocycles. The van der Waals surface area contributed by atoms with Gasteiger partial charge in [-0.05, 0) is 45.0 Å². The average molecular weight is 489 g/mol. The lowest BCUT2D eigenvalue weighted by Gasteiger charge is -2.24. The Morgan fingerprint density at radius 3 is 2.50 bits per heavy atom. The molecule has 0 bridgehead atoms. The van der Waals surface area contributed by atoms with Crippen LogP contribution in [0.2, 0.25) is 0 Å². The van der Waals surface area contributed by atoms with E-state index >= 15 is 4.39 Å². The number of carbonyl (C=O) groups excluding carboxylic acids is 1. The van der Waals surface area contributed by atoms with Gasteiger partial charge in [-0.15, -0.1) is 0 Å². The van der Waals surface area contributed by atoms with Crippen LogP contribution in [0.3, 0.4) is 0 Å². The fourth-order valence-corrected chi connectivity index (χ4v) is 4.70. The lowest BCUT2D eigenvalue weighted by Crippen LogP contribution is -2.33. The molecular weight excluding hydrogens is 466 g/mol. The number of halogens is 2. The zero-order valence-corrected chi connectivity index (χ0v) is 19.7. The van der Waals surface area contributed by atoms with Crippen molar-refractivity contribution in [1.82, 2.24) is 13.9 Å². The molecule has 0 radical (unpaired) electrons. The van der Waals surface area contributed by atoms with Gasteiger partial charge in [-0.25, -0.2) is 26.6 Å². The summed E-state index contributed by atoms with van der Waals surface area (Å²) >= 11 is 0. The van der Waals surface area contributed by atoms with Crippen molar-refractivity contribution >= 4 is 16.1 Å². The molecule has 0 atom stereocenters. The van der Waals surface area contributed by atoms with E-state index in [0.717, 1.165) is 17.3 Å². The minimum Gasteiger partial charge on any atom is -0.444 e. The van der Waals surface area contributed by atoms with Crippen LogP contribution in [0.5, 0.6) is 0 Å². The zero-order chi connectivity index (χ0) is 25.3. The van der Waals surface area contributed by atoms with Crippen LogP contribution in [0.15, 0.2) is 53.7 Å². The number of nitrogens with zero attached hydrogens (tertiary/aromatic N) is 4. The summed E-state index contributed by atoms with van der Waals surface area (Å²) in [6.45, 7) is 4.63. The summed E-state index contributed by atoms with van der Waals surface area (Å²) in [4.78, 5) is 16.5. The minimum atomic E-state index is -4.54. The van der Waals surface area contributed by atoms with Crippen LogP contribution >= 0.6 is 0 Å². The highest BCUT2D eigenvalue weighted by molar-refractivity contribution is 7.90. The maximum Gasteiger partial charge on any atom is 0.410 e. The molecule has 0 N–H and O–H groups in total. The van der Waals surface area contributed by atoms with Crippen molar-refractivity contribution in [2.45, 2.75) is 37.8 Å². The Morgan fingerprint density at radius 1 is 1.21 bits per heavy atom. The van der Waals surface area contributed by atoms with Crippen LogP contribution in [0.4, 0.5) is 13.6 Å². The molecule has 2 aromatic heterocycles. The van der Waals surface area contributed by atoms with Crippen molar-refractivity contribution in [3.8, 4) is 17.3 Å². The average Bonchev–Trinajstić information content (AvgIpc) is 3.09. The van der Waals surface area contributed by atoms with E-state index in [9.17, 15) is 22.9 Å². The molecule has 1 amide bonds. The van der Waals surface area contributed by atoms with E-state index in [4.69, 9.17) is 4.74 Å². The first kappa shape index (κ1) is 24.9. The number of pyridine rings is 1. The Bertz CT molecular complexity index is 1390. The standard InChI is InChI=1S/C23H22F2N4O4S/c1-23(2,3)33-22(30)28(4)13-16-14-29(20(19(16)24)17-9-7-11-27-21(17)25)34(31,32)18-10-6-5-8-15(18)12-26/h5-11,14H,13H2,1-4H3. The Kier molecular flexibility index (Phi) is 6.74. The summed E-state index contributed by atoms with van der Waals surface area (Å²) < 4.78 is 63.0. The third-order valence-electron chi connectivity index (χ3n) is 4.65. The van der Waals surface area contributed by atoms with Gasteiger partial charge in [0, 0.05) is 25.0 Å². The molecule has 0 saturated heterocycles. The number of nitriles is 1. The topological polar surface area (TPSA) is 105 Å². The fourth-order valence-electron chi connectivity index (χ4n) is 3.16. The van der Waals surface area contributed by atoms with Gasteiger partial charge in [0.2, 0.25) is 5.95 Å². The van der Waals surface area contributed by atoms with E-state index in [1.165, 1.54) is 43.4 Å². The third-order valence-corrected chi connectivity index (χ3v) is 6.37. The molecular formula is C23H22F2N4O4S. The van der Waals surface area contributed by atoms with Gasteiger partial charge in [-0.3, -0.25) is 0 Å². The van der Waals surface area contributed by atoms with E-state index in [1.54, 1.807) is 26.8 Å². The summed E-state index contributed by atoms with van der Waals surface area (Å²) in [5, 5.41) is 9.37. The number of aromatic nitrogens is 2. The van der Waals surface area contributed by atoms with Gasteiger partial charge in [0.1, 0.15) is 22.3 Å². The summed E-state index contributed by atoms with van der Waals surface area (Å²) in [6, 6.07) is 9.70. The van der Waals surface area contributed by atoms with Crippen LogP contribution in [-0.4, -0.2) is 41.0 Å². The van der Waals surface area contributed by atoms with Crippen molar-refractivity contribution in [2.75, 3.05) is 7.05 Å². The van der Waals surface area contributed by atoms with Gasteiger partial charge in [-0.1, -0.05) is 12.1 Å². The lowest BCUT2D eigenvalue weighted by atomic mass is 10.1. The van der Waals surface area contributed by atoms with Crippen LogP contribution in [0, 0.1) is 23.1 Å². The van der Waals surface area contributed by atoms with Crippen molar-refractivity contribution in [3.05, 3.63) is 71.7 Å². The number of amides is 1. The number of benzene rings is 1. The van der Waals surface area contributed by atoms with Gasteiger partial charge in [-0.2, -0.15) is 9.65 Å². The first-order chi connectivity index (χ1) is 15.9. The maximum absolute atomic E-state index is 15.6. The molecule has 3 rings (SSSR count). The molecule has 1 aromatic carbocycles. The second-order valence-corrected chi connectivity index (χ2v) is 10.2. The molecule has 0 unspecified atom stereocenters. The first-order valence-electron chi connectivity index (χ1n) is 10.1. The monoisotopic (exact) mass is 488 g/mol. The van der Waals surface area contributed by atoms with Crippen LogP contribution < -0.4 is 0 Å². The van der Waals surface area contributed by atoms with E-state index in [1.807, 2.05) is 0 Å². The van der Waals surface area contributed by atoms with Crippen molar-refractivity contribution in [1.29, 1.82) is 5.26 Å². The molecule has 0 aliphatic carbocycles. The van der Waals surface area contributed by atoms with Crippen LogP contribution in [0.25, 0.3) is 11.3 Å². The molecule has 3 aromatic rings. The highest BCUT2D eigenvalue weighted by Crippen LogP contribution is 2.33. The minimum absolute atomic E-state index is 0.165. The largest absolute Gasteiger partial charge is 0.444 e. The summed E-state index contributed by atoms with van der Waals surface area (Å²) in [7, 11) is -3.18. The SMILES string of the molecule is CN(Cc1cn(S(=O)(=O)c2ccccc2C#N)c(-c2cccnc2F)c1F)C(=O)OC(C)(C)C. The highest BCUT2D eigenvalue weighted by atomic mass is 32.2. The Labute approximate surface area is 196 Å². The zero-order valence-electron chi connectivity index (χ0n) is 18.9. The van der Waals surface area contributed by atoms with Crippen LogP contribution in [0.1, 0.15) is 31.9 Å². The van der Waals surface area contributed by atoms with Crippen molar-refractivity contribution in [2.24, 2.45) is 0 Å². The normalized spacial score (nSPS) is 11.7. The second-order valence-electron chi connectivity index (χ2n) is 8.40. The van der Waals surface area contributed by atoms with Crippen molar-refractivity contribution in [3.63, 3.8) is 0 Å². The smallest absolute Gasteiger partial charge is 0.410 e. The van der Waals surface area contributed by atoms with Gasteiger partial charge >= 0.3 is 6.09 Å². The molecule has 34 heavy (non-hydrogen) atoms. The molecule has 11 heteroatoms. The molecule has 0 spiro atoms. The van der Waals surface area contributed by atoms with E-state index < -0.39 is 44.7 Å². The molecule has 0 aliphatic rings. The number of ether oxygens (including phenoxy) is 1. The van der Waals surface area contributed by atoms with Gasteiger partial charge < -0.3 is 9.64 Å². The predicted molar refractivity (Wildman–Crippen MR) is 119 cm³/mol. The molecule has 2 heterocycles. The fraction of sp³-hybridized carbons (Fsp3) is 0.261. The van der Waals surface area contributed by atoms with Gasteiger partial charge in [0.15, 0.2) is 5.82 Å². The number of hydrogen-bond donors (Lipinski definition) is 0. The quantitative estimate of drug-likeness (QED) is 0.496. The number of rotatable bonds is 5. The predicted octanol–water partition coefficient (Wildman–Crippen LogP) is 4.30. The molecule has 0 saturated carbocycles. The Balaban J connectivity index is 2.19. The number of carbonyl (C=O) groups is 1. The summed E-state index contributed by atoms with van der Waals surface area (Å²) in [6.07, 6.45) is 1.34. The Hall–Kier alpha value is -3.78. The van der Waals surface area contributed by atoms with E-state index in [-0.39, 0.29) is 22.6 Å². The number of hydrogen-bond acceptors (Lipinski definition) is 6. The summed E-state index contributed by atoms with van der Waals surface area (Å²) in [5.74, 6) is -2.14. The van der Waals surface area contributed by atoms with Gasteiger partial charge in [0.05, 0.1) is 17.7 Å². The third kappa shape index (κ3) is 4.92. The lowest BCUT2D eigenvalue weighted by molar-refractivity contribution is 0.0284. The maximum atomic E-state index is 15.6. The van der Waals surface area contributed by atoms with E-state index in [0.29, 0.717) is 3.97 Å². The highest BCUT2D eigenvalue weighted by Gasteiger charge is 2.31. The molecule has 178 valence electrons. The second kappa shape index (κ2) is 9.23. The van der Waals surface area contributed by atoms with Crippen molar-refractivity contribution < 1.29 is 26.7 Å².